The fourth-order valence-corrected chi connectivity index (χ4v) is 2.17. The molecule has 5 nitrogen and oxygen atoms in total. The average molecular weight is 239 g/mol. The van der Waals surface area contributed by atoms with Crippen LogP contribution in [0.25, 0.3) is 0 Å². The van der Waals surface area contributed by atoms with Gasteiger partial charge in [-0.2, -0.15) is 0 Å². The zero-order chi connectivity index (χ0) is 11.5. The van der Waals surface area contributed by atoms with E-state index in [4.69, 9.17) is 0 Å². The Kier molecular flexibility index (Phi) is 3.19. The molecule has 0 N–H and O–H groups in total. The smallest absolute Gasteiger partial charge is 0.273 e. The molecule has 2 amide bonds. The van der Waals surface area contributed by atoms with Crippen LogP contribution in [0.3, 0.4) is 0 Å². The van der Waals surface area contributed by atoms with Crippen molar-refractivity contribution in [3.8, 4) is 0 Å². The van der Waals surface area contributed by atoms with Gasteiger partial charge >= 0.3 is 0 Å². The Labute approximate surface area is 97.7 Å². The Morgan fingerprint density at radius 1 is 1.50 bits per heavy atom. The van der Waals surface area contributed by atoms with Crippen molar-refractivity contribution in [3.05, 3.63) is 16.6 Å². The number of nitrogens with zero attached hydrogens (tertiary/aromatic N) is 3. The first-order valence-electron chi connectivity index (χ1n) is 5.10. The summed E-state index contributed by atoms with van der Waals surface area (Å²) in [5.41, 5.74) is 2.06. The van der Waals surface area contributed by atoms with Gasteiger partial charge < -0.3 is 9.80 Å². The first-order chi connectivity index (χ1) is 7.68. The van der Waals surface area contributed by atoms with Gasteiger partial charge in [-0.3, -0.25) is 9.59 Å². The number of amides is 2. The summed E-state index contributed by atoms with van der Waals surface area (Å²) in [5, 5.41) is 1.71. The van der Waals surface area contributed by atoms with E-state index in [1.807, 2.05) is 0 Å². The molecule has 1 aromatic rings. The Balaban J connectivity index is 2.09. The van der Waals surface area contributed by atoms with E-state index in [-0.39, 0.29) is 18.4 Å². The predicted molar refractivity (Wildman–Crippen MR) is 60.3 cm³/mol. The minimum Gasteiger partial charge on any atom is -0.344 e. The van der Waals surface area contributed by atoms with Crippen LogP contribution in [0.2, 0.25) is 0 Å². The minimum absolute atomic E-state index is 0.0129. The van der Waals surface area contributed by atoms with Crippen molar-refractivity contribution >= 4 is 23.2 Å². The molecule has 1 saturated heterocycles. The first kappa shape index (κ1) is 11.1. The lowest BCUT2D eigenvalue weighted by Crippen LogP contribution is -2.38. The topological polar surface area (TPSA) is 53.5 Å². The molecule has 1 aromatic heterocycles. The maximum Gasteiger partial charge on any atom is 0.273 e. The molecule has 6 heteroatoms. The number of rotatable bonds is 1. The van der Waals surface area contributed by atoms with Crippen LogP contribution in [-0.2, 0) is 4.79 Å². The van der Waals surface area contributed by atoms with Crippen LogP contribution in [0.1, 0.15) is 16.9 Å². The molecule has 1 fully saturated rings. The van der Waals surface area contributed by atoms with Crippen LogP contribution in [-0.4, -0.2) is 53.3 Å². The summed E-state index contributed by atoms with van der Waals surface area (Å²) < 4.78 is 0. The Morgan fingerprint density at radius 3 is 3.00 bits per heavy atom. The van der Waals surface area contributed by atoms with Gasteiger partial charge in [-0.15, -0.1) is 11.3 Å². The maximum atomic E-state index is 12.0. The molecule has 1 aliphatic heterocycles. The van der Waals surface area contributed by atoms with Crippen molar-refractivity contribution in [2.24, 2.45) is 0 Å². The Morgan fingerprint density at radius 2 is 2.31 bits per heavy atom. The lowest BCUT2D eigenvalue weighted by atomic mass is 10.3. The van der Waals surface area contributed by atoms with Gasteiger partial charge in [0.15, 0.2) is 0 Å². The van der Waals surface area contributed by atoms with E-state index in [0.717, 1.165) is 6.42 Å². The second-order valence-corrected chi connectivity index (χ2v) is 4.49. The van der Waals surface area contributed by atoms with E-state index in [0.29, 0.717) is 18.8 Å². The predicted octanol–water partition coefficient (Wildman–Crippen LogP) is 0.447. The van der Waals surface area contributed by atoms with Crippen LogP contribution < -0.4 is 0 Å². The van der Waals surface area contributed by atoms with Gasteiger partial charge in [-0.1, -0.05) is 0 Å². The molecule has 0 spiro atoms. The zero-order valence-electron chi connectivity index (χ0n) is 9.05. The van der Waals surface area contributed by atoms with Crippen molar-refractivity contribution in [2.45, 2.75) is 6.42 Å². The average Bonchev–Trinajstić information content (AvgIpc) is 2.74. The van der Waals surface area contributed by atoms with E-state index in [9.17, 15) is 9.59 Å². The lowest BCUT2D eigenvalue weighted by molar-refractivity contribution is -0.129. The lowest BCUT2D eigenvalue weighted by Gasteiger charge is -2.18. The molecule has 86 valence electrons. The van der Waals surface area contributed by atoms with Gasteiger partial charge in [0.2, 0.25) is 5.91 Å². The molecular weight excluding hydrogens is 226 g/mol. The highest BCUT2D eigenvalue weighted by atomic mass is 32.1. The number of thiazole rings is 1. The van der Waals surface area contributed by atoms with Gasteiger partial charge in [0.1, 0.15) is 12.2 Å². The van der Waals surface area contributed by atoms with E-state index < -0.39 is 0 Å². The highest BCUT2D eigenvalue weighted by molar-refractivity contribution is 7.07. The number of hydrogen-bond donors (Lipinski definition) is 0. The summed E-state index contributed by atoms with van der Waals surface area (Å²) in [6, 6.07) is 0. The van der Waals surface area contributed by atoms with Crippen molar-refractivity contribution in [1.82, 2.24) is 14.8 Å². The molecule has 0 aromatic carbocycles. The van der Waals surface area contributed by atoms with E-state index >= 15 is 0 Å². The summed E-state index contributed by atoms with van der Waals surface area (Å²) in [7, 11) is 1.76. The number of carbonyl (C=O) groups excluding carboxylic acids is 2. The van der Waals surface area contributed by atoms with Crippen molar-refractivity contribution < 1.29 is 9.59 Å². The summed E-state index contributed by atoms with van der Waals surface area (Å²) >= 11 is 1.38. The SMILES string of the molecule is CN1CCCN(C(=O)c2cscn2)CC1=O. The standard InChI is InChI=1S/C10H13N3O2S/c1-12-3-2-4-13(5-9(12)14)10(15)8-6-16-7-11-8/h6-7H,2-5H2,1H3. The van der Waals surface area contributed by atoms with Gasteiger partial charge in [0.05, 0.1) is 5.51 Å². The maximum absolute atomic E-state index is 12.0. The third-order valence-electron chi connectivity index (χ3n) is 2.61. The van der Waals surface area contributed by atoms with Crippen LogP contribution in [0.4, 0.5) is 0 Å². The van der Waals surface area contributed by atoms with Gasteiger partial charge in [-0.05, 0) is 6.42 Å². The molecule has 0 bridgehead atoms. The van der Waals surface area contributed by atoms with Crippen LogP contribution in [0.5, 0.6) is 0 Å². The Hall–Kier alpha value is -1.43. The fraction of sp³-hybridized carbons (Fsp3) is 0.500. The van der Waals surface area contributed by atoms with Gasteiger partial charge in [0, 0.05) is 25.5 Å². The number of likely N-dealkylation sites (N-methyl/N-ethyl adjacent to an activating group) is 1. The van der Waals surface area contributed by atoms with Crippen molar-refractivity contribution in [1.29, 1.82) is 0 Å². The summed E-state index contributed by atoms with van der Waals surface area (Å²) in [5.74, 6) is -0.161. The summed E-state index contributed by atoms with van der Waals surface area (Å²) in [6.07, 6.45) is 0.818. The number of hydrogen-bond acceptors (Lipinski definition) is 4. The first-order valence-corrected chi connectivity index (χ1v) is 6.04. The molecule has 2 rings (SSSR count). The quantitative estimate of drug-likeness (QED) is 0.715. The molecule has 16 heavy (non-hydrogen) atoms. The second-order valence-electron chi connectivity index (χ2n) is 3.77. The van der Waals surface area contributed by atoms with Gasteiger partial charge in [-0.25, -0.2) is 4.98 Å². The molecule has 0 aliphatic carbocycles. The van der Waals surface area contributed by atoms with Gasteiger partial charge in [0.25, 0.3) is 5.91 Å². The van der Waals surface area contributed by atoms with Crippen LogP contribution in [0, 0.1) is 0 Å². The second kappa shape index (κ2) is 4.61. The minimum atomic E-state index is -0.148. The molecule has 2 heterocycles. The van der Waals surface area contributed by atoms with Crippen molar-refractivity contribution in [2.75, 3.05) is 26.7 Å². The highest BCUT2D eigenvalue weighted by Crippen LogP contribution is 2.09. The van der Waals surface area contributed by atoms with Crippen LogP contribution >= 0.6 is 11.3 Å². The monoisotopic (exact) mass is 239 g/mol. The highest BCUT2D eigenvalue weighted by Gasteiger charge is 2.24. The third-order valence-corrected chi connectivity index (χ3v) is 3.20. The van der Waals surface area contributed by atoms with Crippen molar-refractivity contribution in [3.63, 3.8) is 0 Å². The Bertz CT molecular complexity index is 391. The summed E-state index contributed by atoms with van der Waals surface area (Å²) in [4.78, 5) is 30.8. The molecular formula is C10H13N3O2S. The van der Waals surface area contributed by atoms with E-state index in [1.165, 1.54) is 11.3 Å². The number of aromatic nitrogens is 1. The molecule has 1 aliphatic rings. The van der Waals surface area contributed by atoms with E-state index in [1.54, 1.807) is 27.7 Å². The largest absolute Gasteiger partial charge is 0.344 e. The molecule has 0 radical (unpaired) electrons. The molecule has 0 saturated carbocycles. The fourth-order valence-electron chi connectivity index (χ4n) is 1.64. The third kappa shape index (κ3) is 2.21. The molecule has 0 atom stereocenters. The number of carbonyl (C=O) groups is 2. The van der Waals surface area contributed by atoms with E-state index in [2.05, 4.69) is 4.98 Å². The zero-order valence-corrected chi connectivity index (χ0v) is 9.87. The van der Waals surface area contributed by atoms with Crippen LogP contribution in [0.15, 0.2) is 10.9 Å². The molecule has 0 unspecified atom stereocenters. The normalized spacial score (nSPS) is 17.4. The summed E-state index contributed by atoms with van der Waals surface area (Å²) in [6.45, 7) is 1.49.